The third kappa shape index (κ3) is 3.28. The first-order valence-electron chi connectivity index (χ1n) is 10.5. The average molecular weight is 419 g/mol. The van der Waals surface area contributed by atoms with E-state index in [1.54, 1.807) is 0 Å². The molecule has 3 heteroatoms. The Morgan fingerprint density at radius 2 is 1.96 bits per heavy atom. The smallest absolute Gasteiger partial charge is 0.320 e. The van der Waals surface area contributed by atoms with Gasteiger partial charge in [0.05, 0.1) is 6.42 Å². The van der Waals surface area contributed by atoms with Gasteiger partial charge in [-0.3, -0.25) is 4.79 Å². The summed E-state index contributed by atoms with van der Waals surface area (Å²) < 4.78 is 5.11. The van der Waals surface area contributed by atoms with E-state index in [4.69, 9.17) is 4.74 Å². The number of fused-ring (bicyclic) bond motifs is 5. The molecule has 26 heavy (non-hydrogen) atoms. The van der Waals surface area contributed by atoms with Gasteiger partial charge in [-0.1, -0.05) is 40.9 Å². The van der Waals surface area contributed by atoms with Crippen molar-refractivity contribution < 1.29 is 9.53 Å². The number of rotatable bonds is 2. The van der Waals surface area contributed by atoms with Crippen LogP contribution >= 0.6 is 15.9 Å². The normalized spacial score (nSPS) is 43.5. The summed E-state index contributed by atoms with van der Waals surface area (Å²) in [5.74, 6) is 8.09. The molecule has 3 saturated carbocycles. The van der Waals surface area contributed by atoms with Crippen molar-refractivity contribution >= 4 is 21.9 Å². The summed E-state index contributed by atoms with van der Waals surface area (Å²) in [4.78, 5) is 11.5. The van der Waals surface area contributed by atoms with Gasteiger partial charge in [0.25, 0.3) is 0 Å². The summed E-state index contributed by atoms with van der Waals surface area (Å²) in [6.45, 7) is 2.48. The van der Waals surface area contributed by atoms with Crippen LogP contribution in [0.4, 0.5) is 0 Å². The standard InChI is InChI=1S/C23H31BrO2/c1-23-13-10-19-18-5-3-2-4-16(18)6-8-20(19)21(23)9-7-17(23)12-15-26-22(25)11-14-24/h2-3,16-21H,4-11,13-14H2,1H3/t16?,17-,18-,19+,20+,21-,23+/m0/s1. The van der Waals surface area contributed by atoms with Gasteiger partial charge in [-0.2, -0.15) is 0 Å². The van der Waals surface area contributed by atoms with Gasteiger partial charge < -0.3 is 4.74 Å². The number of carbonyl (C=O) groups is 1. The Balaban J connectivity index is 1.45. The maximum Gasteiger partial charge on any atom is 0.320 e. The number of esters is 1. The fraction of sp³-hybridized carbons (Fsp3) is 0.783. The van der Waals surface area contributed by atoms with Gasteiger partial charge in [-0.05, 0) is 86.4 Å². The topological polar surface area (TPSA) is 26.3 Å². The Bertz CT molecular complexity index is 630. The second kappa shape index (κ2) is 7.70. The van der Waals surface area contributed by atoms with Gasteiger partial charge in [0.1, 0.15) is 6.11 Å². The van der Waals surface area contributed by atoms with E-state index in [9.17, 15) is 4.79 Å². The maximum atomic E-state index is 11.5. The van der Waals surface area contributed by atoms with E-state index in [1.165, 1.54) is 51.4 Å². The number of alkyl halides is 1. The van der Waals surface area contributed by atoms with E-state index in [0.29, 0.717) is 23.1 Å². The minimum atomic E-state index is -0.221. The molecule has 0 aromatic rings. The third-order valence-electron chi connectivity index (χ3n) is 8.23. The number of hydrogen-bond acceptors (Lipinski definition) is 2. The first-order chi connectivity index (χ1) is 12.6. The predicted molar refractivity (Wildman–Crippen MR) is 107 cm³/mol. The Labute approximate surface area is 166 Å². The molecule has 0 bridgehead atoms. The van der Waals surface area contributed by atoms with Gasteiger partial charge in [-0.25, -0.2) is 0 Å². The highest BCUT2D eigenvalue weighted by Gasteiger charge is 2.56. The molecule has 4 aliphatic carbocycles. The van der Waals surface area contributed by atoms with Gasteiger partial charge in [0, 0.05) is 11.2 Å². The van der Waals surface area contributed by atoms with Crippen LogP contribution in [0.1, 0.15) is 64.7 Å². The maximum absolute atomic E-state index is 11.5. The summed E-state index contributed by atoms with van der Waals surface area (Å²) in [6.07, 6.45) is 18.7. The van der Waals surface area contributed by atoms with Crippen LogP contribution in [0.25, 0.3) is 0 Å². The Hall–Kier alpha value is -0.750. The largest absolute Gasteiger partial charge is 0.372 e. The van der Waals surface area contributed by atoms with Crippen LogP contribution in [-0.2, 0) is 9.53 Å². The van der Waals surface area contributed by atoms with Crippen molar-refractivity contribution in [3.8, 4) is 12.0 Å². The summed E-state index contributed by atoms with van der Waals surface area (Å²) >= 11 is 3.27. The number of hydrogen-bond donors (Lipinski definition) is 0. The molecular formula is C23H31BrO2. The first kappa shape index (κ1) is 18.6. The fourth-order valence-electron chi connectivity index (χ4n) is 6.94. The van der Waals surface area contributed by atoms with Crippen LogP contribution in [0.2, 0.25) is 0 Å². The number of halogens is 1. The van der Waals surface area contributed by atoms with E-state index in [2.05, 4.69) is 47.0 Å². The molecule has 4 rings (SSSR count). The molecule has 0 aliphatic heterocycles. The molecule has 0 saturated heterocycles. The van der Waals surface area contributed by atoms with Crippen molar-refractivity contribution in [1.29, 1.82) is 0 Å². The first-order valence-corrected chi connectivity index (χ1v) is 11.7. The minimum Gasteiger partial charge on any atom is -0.372 e. The van der Waals surface area contributed by atoms with Gasteiger partial charge in [0.2, 0.25) is 0 Å². The van der Waals surface area contributed by atoms with Crippen LogP contribution in [-0.4, -0.2) is 11.3 Å². The van der Waals surface area contributed by atoms with Crippen molar-refractivity contribution in [2.24, 2.45) is 40.9 Å². The Morgan fingerprint density at radius 3 is 2.81 bits per heavy atom. The van der Waals surface area contributed by atoms with Crippen LogP contribution < -0.4 is 0 Å². The molecule has 1 unspecified atom stereocenters. The van der Waals surface area contributed by atoms with E-state index in [-0.39, 0.29) is 5.97 Å². The van der Waals surface area contributed by atoms with Crippen molar-refractivity contribution in [1.82, 2.24) is 0 Å². The fourth-order valence-corrected chi connectivity index (χ4v) is 7.26. The highest BCUT2D eigenvalue weighted by atomic mass is 79.9. The summed E-state index contributed by atoms with van der Waals surface area (Å²) in [5, 5.41) is 0.636. The van der Waals surface area contributed by atoms with E-state index in [1.807, 2.05) is 0 Å². The van der Waals surface area contributed by atoms with Crippen molar-refractivity contribution in [2.45, 2.75) is 64.7 Å². The quantitative estimate of drug-likeness (QED) is 0.248. The average Bonchev–Trinajstić information content (AvgIpc) is 2.98. The second-order valence-electron chi connectivity index (χ2n) is 9.21. The molecule has 142 valence electrons. The molecule has 7 atom stereocenters. The van der Waals surface area contributed by atoms with Crippen LogP contribution in [0.5, 0.6) is 0 Å². The van der Waals surface area contributed by atoms with E-state index < -0.39 is 0 Å². The predicted octanol–water partition coefficient (Wildman–Crippen LogP) is 5.71. The van der Waals surface area contributed by atoms with E-state index >= 15 is 0 Å². The second-order valence-corrected chi connectivity index (χ2v) is 10.0. The zero-order valence-electron chi connectivity index (χ0n) is 15.9. The molecule has 0 radical (unpaired) electrons. The van der Waals surface area contributed by atoms with Crippen molar-refractivity contribution in [2.75, 3.05) is 5.33 Å². The molecular weight excluding hydrogens is 388 g/mol. The minimum absolute atomic E-state index is 0.221. The lowest BCUT2D eigenvalue weighted by molar-refractivity contribution is -0.136. The molecule has 0 amide bonds. The summed E-state index contributed by atoms with van der Waals surface area (Å²) in [7, 11) is 0. The van der Waals surface area contributed by atoms with E-state index in [0.717, 1.165) is 29.6 Å². The molecule has 3 fully saturated rings. The van der Waals surface area contributed by atoms with Crippen molar-refractivity contribution in [3.05, 3.63) is 12.2 Å². The molecule has 0 N–H and O–H groups in total. The molecule has 0 aromatic heterocycles. The number of allylic oxidation sites excluding steroid dienone is 2. The third-order valence-corrected chi connectivity index (χ3v) is 8.63. The molecule has 2 nitrogen and oxygen atoms in total. The summed E-state index contributed by atoms with van der Waals surface area (Å²) in [5.41, 5.74) is 0.327. The zero-order valence-corrected chi connectivity index (χ0v) is 17.5. The molecule has 4 aliphatic rings. The lowest BCUT2D eigenvalue weighted by Gasteiger charge is -2.54. The van der Waals surface area contributed by atoms with Crippen LogP contribution in [0.15, 0.2) is 12.2 Å². The summed E-state index contributed by atoms with van der Waals surface area (Å²) in [6, 6.07) is 0. The SMILES string of the molecule is C[C@]12CC[C@H]3[C@@H](CCC4CC=CC[C@@H]43)[C@@H]1CC[C@H]2C#COC(=O)CCBr. The van der Waals surface area contributed by atoms with Gasteiger partial charge in [-0.15, -0.1) is 0 Å². The van der Waals surface area contributed by atoms with Crippen LogP contribution in [0.3, 0.4) is 0 Å². The Morgan fingerprint density at radius 1 is 1.12 bits per heavy atom. The molecule has 0 aromatic carbocycles. The molecule has 0 spiro atoms. The van der Waals surface area contributed by atoms with Crippen molar-refractivity contribution in [3.63, 3.8) is 0 Å². The zero-order chi connectivity index (χ0) is 18.1. The lowest BCUT2D eigenvalue weighted by atomic mass is 9.50. The van der Waals surface area contributed by atoms with Gasteiger partial charge >= 0.3 is 5.97 Å². The highest BCUT2D eigenvalue weighted by molar-refractivity contribution is 9.09. The number of ether oxygens (including phenoxy) is 1. The monoisotopic (exact) mass is 418 g/mol. The lowest BCUT2D eigenvalue weighted by Crippen LogP contribution is -2.47. The Kier molecular flexibility index (Phi) is 5.51. The van der Waals surface area contributed by atoms with Gasteiger partial charge in [0.15, 0.2) is 0 Å². The highest BCUT2D eigenvalue weighted by Crippen LogP contribution is 2.63. The van der Waals surface area contributed by atoms with Crippen LogP contribution in [0, 0.1) is 52.9 Å². The molecule has 0 heterocycles. The number of carbonyl (C=O) groups excluding carboxylic acids is 1.